The van der Waals surface area contributed by atoms with Gasteiger partial charge in [0.1, 0.15) is 5.76 Å². The molecule has 0 bridgehead atoms. The number of fused-ring (bicyclic) bond motifs is 1. The summed E-state index contributed by atoms with van der Waals surface area (Å²) < 4.78 is 47.8. The maximum Gasteiger partial charge on any atom is 0.418 e. The molecule has 39 heavy (non-hydrogen) atoms. The normalized spacial score (nSPS) is 20.5. The Morgan fingerprint density at radius 2 is 2.00 bits per heavy atom. The molecule has 0 spiro atoms. The molecule has 1 aliphatic carbocycles. The molecule has 2 atom stereocenters. The standard InChI is InChI=1S/C27H26F3N5O4/c1-14(2)32-26(38)18-9-15(12-31)10-19(27(28,29)30)24(18)35-8-7-16(13-35)33-25(37)17-11-22(36)34-20-5-4-6-21(39-3)23(17)20/h4-6,9-11,14,16,23H,7-8,13H2,1-3H3,(H,32,38)(H,33,37)/t16-,23?/m1/s1. The van der Waals surface area contributed by atoms with Crippen LogP contribution < -0.4 is 15.5 Å². The Morgan fingerprint density at radius 3 is 2.64 bits per heavy atom. The highest BCUT2D eigenvalue weighted by atomic mass is 19.4. The molecule has 4 rings (SSSR count). The number of carbonyl (C=O) groups is 3. The zero-order valence-electron chi connectivity index (χ0n) is 21.4. The van der Waals surface area contributed by atoms with Crippen LogP contribution in [-0.4, -0.2) is 55.7 Å². The third kappa shape index (κ3) is 5.72. The summed E-state index contributed by atoms with van der Waals surface area (Å²) in [7, 11) is 1.44. The van der Waals surface area contributed by atoms with E-state index in [0.29, 0.717) is 11.5 Å². The topological polar surface area (TPSA) is 124 Å². The molecule has 3 aliphatic rings. The minimum atomic E-state index is -4.84. The zero-order chi connectivity index (χ0) is 28.5. The van der Waals surface area contributed by atoms with Crippen LogP contribution >= 0.6 is 0 Å². The second-order valence-corrected chi connectivity index (χ2v) is 9.60. The quantitative estimate of drug-likeness (QED) is 0.571. The monoisotopic (exact) mass is 541 g/mol. The van der Waals surface area contributed by atoms with Crippen molar-refractivity contribution < 1.29 is 32.3 Å². The van der Waals surface area contributed by atoms with Gasteiger partial charge in [-0.3, -0.25) is 14.4 Å². The number of hydrogen-bond donors (Lipinski definition) is 2. The summed E-state index contributed by atoms with van der Waals surface area (Å²) in [5, 5.41) is 14.7. The average molecular weight is 542 g/mol. The van der Waals surface area contributed by atoms with Gasteiger partial charge >= 0.3 is 6.18 Å². The van der Waals surface area contributed by atoms with Crippen molar-refractivity contribution in [3.05, 3.63) is 64.5 Å². The van der Waals surface area contributed by atoms with E-state index in [2.05, 4.69) is 15.6 Å². The van der Waals surface area contributed by atoms with Crippen LogP contribution in [0.3, 0.4) is 0 Å². The number of methoxy groups -OCH3 is 1. The molecular weight excluding hydrogens is 515 g/mol. The summed E-state index contributed by atoms with van der Waals surface area (Å²) in [6, 6.07) is 2.63. The predicted octanol–water partition coefficient (Wildman–Crippen LogP) is 3.03. The van der Waals surface area contributed by atoms with Crippen LogP contribution in [0.25, 0.3) is 0 Å². The average Bonchev–Trinajstić information content (AvgIpc) is 3.33. The molecule has 1 fully saturated rings. The SMILES string of the molecule is COC1=CC=CC2=NC(=O)C=C(C(=O)N[C@@H]3CCN(c4c(C(=O)NC(C)C)cc(C#N)cc4C(F)(F)F)C3)C12. The van der Waals surface area contributed by atoms with E-state index in [1.165, 1.54) is 12.0 Å². The molecule has 1 unspecified atom stereocenters. The molecule has 2 N–H and O–H groups in total. The number of benzene rings is 1. The van der Waals surface area contributed by atoms with Crippen LogP contribution in [-0.2, 0) is 20.5 Å². The number of halogens is 3. The number of alkyl halides is 3. The number of aliphatic imine (C=N–C) groups is 1. The van der Waals surface area contributed by atoms with Crippen molar-refractivity contribution >= 4 is 29.1 Å². The van der Waals surface area contributed by atoms with E-state index in [1.807, 2.05) is 0 Å². The molecule has 3 amide bonds. The van der Waals surface area contributed by atoms with Crippen LogP contribution in [0.2, 0.25) is 0 Å². The lowest BCUT2D eigenvalue weighted by molar-refractivity contribution is -0.137. The first-order chi connectivity index (χ1) is 18.4. The summed E-state index contributed by atoms with van der Waals surface area (Å²) in [5.41, 5.74) is -1.54. The Morgan fingerprint density at radius 1 is 1.26 bits per heavy atom. The van der Waals surface area contributed by atoms with Gasteiger partial charge in [0.25, 0.3) is 11.8 Å². The number of nitrogens with one attached hydrogen (secondary N) is 2. The van der Waals surface area contributed by atoms with Gasteiger partial charge in [-0.2, -0.15) is 18.4 Å². The van der Waals surface area contributed by atoms with Crippen molar-refractivity contribution in [2.45, 2.75) is 38.5 Å². The minimum absolute atomic E-state index is 0.0254. The molecule has 9 nitrogen and oxygen atoms in total. The summed E-state index contributed by atoms with van der Waals surface area (Å²) in [5.74, 6) is -2.17. The van der Waals surface area contributed by atoms with Gasteiger partial charge in [-0.05, 0) is 44.6 Å². The van der Waals surface area contributed by atoms with Crippen LogP contribution in [0.5, 0.6) is 0 Å². The third-order valence-electron chi connectivity index (χ3n) is 6.48. The van der Waals surface area contributed by atoms with Gasteiger partial charge in [-0.25, -0.2) is 4.99 Å². The van der Waals surface area contributed by atoms with Crippen molar-refractivity contribution in [1.82, 2.24) is 10.6 Å². The fourth-order valence-corrected chi connectivity index (χ4v) is 4.87. The number of nitrogens with zero attached hydrogens (tertiary/aromatic N) is 3. The van der Waals surface area contributed by atoms with Gasteiger partial charge < -0.3 is 20.3 Å². The molecule has 2 aliphatic heterocycles. The molecule has 0 saturated carbocycles. The van der Waals surface area contributed by atoms with Crippen molar-refractivity contribution in [3.8, 4) is 6.07 Å². The Labute approximate surface area is 222 Å². The van der Waals surface area contributed by atoms with Gasteiger partial charge in [-0.15, -0.1) is 0 Å². The number of ether oxygens (including phenoxy) is 1. The summed E-state index contributed by atoms with van der Waals surface area (Å²) in [4.78, 5) is 43.7. The molecule has 0 aromatic heterocycles. The highest BCUT2D eigenvalue weighted by Gasteiger charge is 2.41. The second-order valence-electron chi connectivity index (χ2n) is 9.60. The van der Waals surface area contributed by atoms with E-state index in [-0.39, 0.29) is 47.9 Å². The molecule has 12 heteroatoms. The van der Waals surface area contributed by atoms with E-state index in [4.69, 9.17) is 4.74 Å². The van der Waals surface area contributed by atoms with Crippen LogP contribution in [0.15, 0.2) is 52.8 Å². The van der Waals surface area contributed by atoms with Crippen molar-refractivity contribution in [2.24, 2.45) is 10.9 Å². The summed E-state index contributed by atoms with van der Waals surface area (Å²) >= 11 is 0. The maximum atomic E-state index is 14.1. The number of dihydropyridines is 1. The number of anilines is 1. The Kier molecular flexibility index (Phi) is 7.63. The lowest BCUT2D eigenvalue weighted by Crippen LogP contribution is -2.42. The van der Waals surface area contributed by atoms with E-state index in [1.54, 1.807) is 38.1 Å². The first kappa shape index (κ1) is 27.6. The van der Waals surface area contributed by atoms with E-state index in [9.17, 15) is 32.8 Å². The molecule has 2 heterocycles. The number of carbonyl (C=O) groups excluding carboxylic acids is 3. The minimum Gasteiger partial charge on any atom is -0.500 e. The molecular formula is C27H26F3N5O4. The maximum absolute atomic E-state index is 14.1. The Hall–Kier alpha value is -4.40. The second kappa shape index (κ2) is 10.8. The number of rotatable bonds is 6. The molecule has 0 radical (unpaired) electrons. The van der Waals surface area contributed by atoms with Gasteiger partial charge in [0.15, 0.2) is 0 Å². The van der Waals surface area contributed by atoms with Gasteiger partial charge in [0.05, 0.1) is 47.2 Å². The zero-order valence-corrected chi connectivity index (χ0v) is 21.4. The van der Waals surface area contributed by atoms with Gasteiger partial charge in [0, 0.05) is 36.8 Å². The number of amides is 3. The lowest BCUT2D eigenvalue weighted by atomic mass is 9.85. The first-order valence-corrected chi connectivity index (χ1v) is 12.2. The molecule has 1 saturated heterocycles. The van der Waals surface area contributed by atoms with Gasteiger partial charge in [-0.1, -0.05) is 6.08 Å². The van der Waals surface area contributed by atoms with Crippen molar-refractivity contribution in [1.29, 1.82) is 5.26 Å². The fraction of sp³-hybridized carbons (Fsp3) is 0.370. The predicted molar refractivity (Wildman–Crippen MR) is 136 cm³/mol. The highest BCUT2D eigenvalue weighted by Crippen LogP contribution is 2.41. The van der Waals surface area contributed by atoms with Crippen LogP contribution in [0.4, 0.5) is 18.9 Å². The molecule has 1 aromatic carbocycles. The van der Waals surface area contributed by atoms with Crippen molar-refractivity contribution in [2.75, 3.05) is 25.1 Å². The number of allylic oxidation sites excluding steroid dienone is 4. The largest absolute Gasteiger partial charge is 0.500 e. The van der Waals surface area contributed by atoms with Crippen molar-refractivity contribution in [3.63, 3.8) is 0 Å². The fourth-order valence-electron chi connectivity index (χ4n) is 4.87. The van der Waals surface area contributed by atoms with Crippen LogP contribution in [0, 0.1) is 17.2 Å². The first-order valence-electron chi connectivity index (χ1n) is 12.2. The number of nitriles is 1. The van der Waals surface area contributed by atoms with E-state index >= 15 is 0 Å². The smallest absolute Gasteiger partial charge is 0.418 e. The van der Waals surface area contributed by atoms with E-state index < -0.39 is 41.4 Å². The van der Waals surface area contributed by atoms with Gasteiger partial charge in [0.2, 0.25) is 5.91 Å². The molecule has 204 valence electrons. The molecule has 1 aromatic rings. The Balaban J connectivity index is 1.62. The van der Waals surface area contributed by atoms with Crippen LogP contribution in [0.1, 0.15) is 41.8 Å². The van der Waals surface area contributed by atoms with E-state index in [0.717, 1.165) is 18.2 Å². The number of hydrogen-bond acceptors (Lipinski definition) is 6. The highest BCUT2D eigenvalue weighted by molar-refractivity contribution is 6.18. The summed E-state index contributed by atoms with van der Waals surface area (Å²) in [6.07, 6.45) is 1.49. The third-order valence-corrected chi connectivity index (χ3v) is 6.48. The summed E-state index contributed by atoms with van der Waals surface area (Å²) in [6.45, 7) is 3.43. The lowest BCUT2D eigenvalue weighted by Gasteiger charge is -2.28. The Bertz CT molecular complexity index is 1380.